The molecule has 0 unspecified atom stereocenters. The fraction of sp³-hybridized carbons (Fsp3) is 0.286. The number of nitrogen functional groups attached to an aromatic ring is 1. The summed E-state index contributed by atoms with van der Waals surface area (Å²) in [5.41, 5.74) is 11.2. The van der Waals surface area contributed by atoms with Gasteiger partial charge in [-0.15, -0.1) is 5.10 Å². The van der Waals surface area contributed by atoms with Crippen LogP contribution < -0.4 is 5.73 Å². The summed E-state index contributed by atoms with van der Waals surface area (Å²) in [5.74, 6) is 0.737. The normalized spacial score (nSPS) is 13.7. The van der Waals surface area contributed by atoms with Crippen molar-refractivity contribution in [3.63, 3.8) is 0 Å². The Hall–Kier alpha value is -3.26. The average Bonchev–Trinajstić information content (AvgIpc) is 3.30. The lowest BCUT2D eigenvalue weighted by Crippen LogP contribution is -2.03. The second-order valence-corrected chi connectivity index (χ2v) is 8.04. The van der Waals surface area contributed by atoms with Crippen LogP contribution in [0.3, 0.4) is 0 Å². The number of hydrogen-bond acceptors (Lipinski definition) is 6. The van der Waals surface area contributed by atoms with Gasteiger partial charge in [0.2, 0.25) is 0 Å². The molecule has 0 bridgehead atoms. The van der Waals surface area contributed by atoms with Crippen molar-refractivity contribution in [2.45, 2.75) is 39.3 Å². The molecule has 0 aliphatic heterocycles. The number of nitrogens with zero attached hydrogens (tertiary/aromatic N) is 7. The first-order valence-electron chi connectivity index (χ1n) is 9.83. The molecule has 2 N–H and O–H groups in total. The van der Waals surface area contributed by atoms with Crippen LogP contribution in [0.5, 0.6) is 0 Å². The topological polar surface area (TPSA) is 100 Å². The Labute approximate surface area is 178 Å². The standard InChI is InChI=1S/C21H21ClN8/c1-12-4-3-5-16(13(12)2)21-24-19(18(22)20(23)25-21)17-11-29(28-26-17)10-14-8-9-30(27-14)15-6-7-15/h3-5,8-9,11,15H,6-7,10H2,1-2H3,(H2,23,24,25). The van der Waals surface area contributed by atoms with E-state index in [4.69, 9.17) is 17.3 Å². The Bertz CT molecular complexity index is 1240. The fourth-order valence-electron chi connectivity index (χ4n) is 3.40. The number of halogens is 1. The number of anilines is 1. The van der Waals surface area contributed by atoms with Crippen LogP contribution in [0, 0.1) is 13.8 Å². The van der Waals surface area contributed by atoms with Gasteiger partial charge in [0.1, 0.15) is 22.2 Å². The van der Waals surface area contributed by atoms with Crippen molar-refractivity contribution >= 4 is 17.4 Å². The third-order valence-electron chi connectivity index (χ3n) is 5.41. The Kier molecular flexibility index (Phi) is 4.51. The van der Waals surface area contributed by atoms with Crippen molar-refractivity contribution < 1.29 is 0 Å². The van der Waals surface area contributed by atoms with Crippen molar-refractivity contribution in [2.75, 3.05) is 5.73 Å². The van der Waals surface area contributed by atoms with Gasteiger partial charge in [-0.25, -0.2) is 14.6 Å². The Morgan fingerprint density at radius 2 is 2.00 bits per heavy atom. The zero-order valence-corrected chi connectivity index (χ0v) is 17.5. The van der Waals surface area contributed by atoms with Gasteiger partial charge in [0, 0.05) is 11.8 Å². The molecule has 152 valence electrons. The van der Waals surface area contributed by atoms with Gasteiger partial charge in [0.15, 0.2) is 5.82 Å². The molecule has 1 aliphatic rings. The van der Waals surface area contributed by atoms with E-state index in [9.17, 15) is 0 Å². The van der Waals surface area contributed by atoms with Crippen LogP contribution in [0.4, 0.5) is 5.82 Å². The quantitative estimate of drug-likeness (QED) is 0.526. The molecular weight excluding hydrogens is 400 g/mol. The largest absolute Gasteiger partial charge is 0.382 e. The number of nitrogens with two attached hydrogens (primary N) is 1. The molecule has 5 rings (SSSR count). The van der Waals surface area contributed by atoms with Crippen LogP contribution in [0.2, 0.25) is 5.02 Å². The van der Waals surface area contributed by atoms with Crippen molar-refractivity contribution in [1.82, 2.24) is 34.7 Å². The van der Waals surface area contributed by atoms with E-state index in [0.29, 0.717) is 29.8 Å². The molecule has 1 fully saturated rings. The number of hydrogen-bond donors (Lipinski definition) is 1. The SMILES string of the molecule is Cc1cccc(-c2nc(N)c(Cl)c(-c3cn(Cc4ccn(C5CC5)n4)nn3)n2)c1C. The Balaban J connectivity index is 1.47. The molecule has 1 saturated carbocycles. The maximum absolute atomic E-state index is 6.43. The second-order valence-electron chi connectivity index (χ2n) is 7.66. The first kappa shape index (κ1) is 18.7. The third-order valence-corrected chi connectivity index (χ3v) is 5.78. The molecule has 0 spiro atoms. The minimum absolute atomic E-state index is 0.218. The highest BCUT2D eigenvalue weighted by molar-refractivity contribution is 6.35. The summed E-state index contributed by atoms with van der Waals surface area (Å²) in [6.07, 6.45) is 6.22. The lowest BCUT2D eigenvalue weighted by atomic mass is 10.0. The smallest absolute Gasteiger partial charge is 0.162 e. The minimum Gasteiger partial charge on any atom is -0.382 e. The lowest BCUT2D eigenvalue weighted by Gasteiger charge is -2.10. The number of aryl methyl sites for hydroxylation is 1. The third kappa shape index (κ3) is 3.43. The molecule has 3 aromatic heterocycles. The summed E-state index contributed by atoms with van der Waals surface area (Å²) in [6.45, 7) is 4.61. The van der Waals surface area contributed by atoms with Crippen LogP contribution in [0.15, 0.2) is 36.7 Å². The predicted molar refractivity (Wildman–Crippen MR) is 115 cm³/mol. The summed E-state index contributed by atoms with van der Waals surface area (Å²) in [5, 5.41) is 13.4. The van der Waals surface area contributed by atoms with Gasteiger partial charge >= 0.3 is 0 Å². The first-order valence-corrected chi connectivity index (χ1v) is 10.2. The van der Waals surface area contributed by atoms with Gasteiger partial charge in [0.25, 0.3) is 0 Å². The number of benzene rings is 1. The molecule has 0 saturated heterocycles. The van der Waals surface area contributed by atoms with Crippen LogP contribution in [0.25, 0.3) is 22.8 Å². The summed E-state index contributed by atoms with van der Waals surface area (Å²) >= 11 is 6.43. The van der Waals surface area contributed by atoms with E-state index in [0.717, 1.165) is 22.4 Å². The molecule has 1 aliphatic carbocycles. The van der Waals surface area contributed by atoms with Crippen molar-refractivity contribution in [2.24, 2.45) is 0 Å². The van der Waals surface area contributed by atoms with Crippen LogP contribution >= 0.6 is 11.6 Å². The summed E-state index contributed by atoms with van der Waals surface area (Å²) in [4.78, 5) is 9.07. The van der Waals surface area contributed by atoms with Gasteiger partial charge in [0.05, 0.1) is 24.5 Å². The highest BCUT2D eigenvalue weighted by Crippen LogP contribution is 2.34. The number of rotatable bonds is 5. The molecule has 0 amide bonds. The monoisotopic (exact) mass is 420 g/mol. The van der Waals surface area contributed by atoms with Gasteiger partial charge in [-0.3, -0.25) is 4.68 Å². The van der Waals surface area contributed by atoms with Crippen LogP contribution in [-0.4, -0.2) is 34.7 Å². The van der Waals surface area contributed by atoms with E-state index >= 15 is 0 Å². The number of aromatic nitrogens is 7. The highest BCUT2D eigenvalue weighted by atomic mass is 35.5. The van der Waals surface area contributed by atoms with Gasteiger partial charge in [-0.1, -0.05) is 35.0 Å². The molecular formula is C21H21ClN8. The van der Waals surface area contributed by atoms with Gasteiger partial charge < -0.3 is 5.73 Å². The maximum atomic E-state index is 6.43. The molecule has 3 heterocycles. The van der Waals surface area contributed by atoms with E-state index in [2.05, 4.69) is 38.4 Å². The maximum Gasteiger partial charge on any atom is 0.162 e. The Morgan fingerprint density at radius 1 is 1.17 bits per heavy atom. The van der Waals surface area contributed by atoms with Crippen molar-refractivity contribution in [3.05, 3.63) is 58.5 Å². The van der Waals surface area contributed by atoms with Crippen LogP contribution in [0.1, 0.15) is 35.7 Å². The lowest BCUT2D eigenvalue weighted by molar-refractivity contribution is 0.595. The zero-order chi connectivity index (χ0) is 20.8. The first-order chi connectivity index (χ1) is 14.5. The van der Waals surface area contributed by atoms with Crippen molar-refractivity contribution in [3.8, 4) is 22.8 Å². The average molecular weight is 421 g/mol. The summed E-state index contributed by atoms with van der Waals surface area (Å²) < 4.78 is 3.74. The Morgan fingerprint density at radius 3 is 2.80 bits per heavy atom. The molecule has 9 heteroatoms. The molecule has 0 radical (unpaired) electrons. The fourth-order valence-corrected chi connectivity index (χ4v) is 3.58. The van der Waals surface area contributed by atoms with E-state index in [1.807, 2.05) is 36.0 Å². The predicted octanol–water partition coefficient (Wildman–Crippen LogP) is 3.83. The van der Waals surface area contributed by atoms with E-state index in [-0.39, 0.29) is 10.8 Å². The molecule has 4 aromatic rings. The van der Waals surface area contributed by atoms with Gasteiger partial charge in [-0.05, 0) is 43.9 Å². The zero-order valence-electron chi connectivity index (χ0n) is 16.7. The summed E-state index contributed by atoms with van der Waals surface area (Å²) in [7, 11) is 0. The van der Waals surface area contributed by atoms with E-state index in [1.54, 1.807) is 10.9 Å². The second kappa shape index (κ2) is 7.21. The van der Waals surface area contributed by atoms with E-state index in [1.165, 1.54) is 12.8 Å². The minimum atomic E-state index is 0.218. The van der Waals surface area contributed by atoms with Gasteiger partial charge in [-0.2, -0.15) is 5.10 Å². The van der Waals surface area contributed by atoms with E-state index < -0.39 is 0 Å². The molecule has 1 aromatic carbocycles. The van der Waals surface area contributed by atoms with Crippen molar-refractivity contribution in [1.29, 1.82) is 0 Å². The molecule has 0 atom stereocenters. The summed E-state index contributed by atoms with van der Waals surface area (Å²) in [6, 6.07) is 8.56. The van der Waals surface area contributed by atoms with Crippen LogP contribution in [-0.2, 0) is 6.54 Å². The highest BCUT2D eigenvalue weighted by Gasteiger charge is 2.24. The molecule has 8 nitrogen and oxygen atoms in total. The molecule has 30 heavy (non-hydrogen) atoms.